The van der Waals surface area contributed by atoms with Gasteiger partial charge in [-0.3, -0.25) is 4.79 Å². The number of rotatable bonds is 9. The maximum atomic E-state index is 12.1. The Morgan fingerprint density at radius 1 is 0.966 bits per heavy atom. The van der Waals surface area contributed by atoms with Crippen LogP contribution in [0.25, 0.3) is 6.08 Å². The monoisotopic (exact) mass is 399 g/mol. The molecule has 0 spiro atoms. The zero-order valence-corrected chi connectivity index (χ0v) is 16.9. The SMILES string of the molecule is COc1ccc(CNC(=O)[C@H](C)OC(=O)/C=C/c2ccc(OC)cc2OC)cc1. The van der Waals surface area contributed by atoms with Crippen LogP contribution in [0.5, 0.6) is 17.2 Å². The highest BCUT2D eigenvalue weighted by Crippen LogP contribution is 2.25. The Balaban J connectivity index is 1.87. The number of hydrogen-bond donors (Lipinski definition) is 1. The van der Waals surface area contributed by atoms with Crippen molar-refractivity contribution in [2.75, 3.05) is 21.3 Å². The van der Waals surface area contributed by atoms with E-state index in [-0.39, 0.29) is 5.91 Å². The Kier molecular flexibility index (Phi) is 8.09. The molecule has 7 nitrogen and oxygen atoms in total. The van der Waals surface area contributed by atoms with Crippen LogP contribution in [0, 0.1) is 0 Å². The fourth-order valence-corrected chi connectivity index (χ4v) is 2.46. The van der Waals surface area contributed by atoms with E-state index in [1.807, 2.05) is 24.3 Å². The predicted molar refractivity (Wildman–Crippen MR) is 109 cm³/mol. The van der Waals surface area contributed by atoms with Crippen molar-refractivity contribution >= 4 is 18.0 Å². The zero-order chi connectivity index (χ0) is 21.2. The molecular formula is C22H25NO6. The Morgan fingerprint density at radius 2 is 1.62 bits per heavy atom. The lowest BCUT2D eigenvalue weighted by Gasteiger charge is -2.12. The smallest absolute Gasteiger partial charge is 0.331 e. The molecule has 0 aliphatic heterocycles. The molecule has 1 amide bonds. The lowest BCUT2D eigenvalue weighted by molar-refractivity contribution is -0.150. The van der Waals surface area contributed by atoms with E-state index >= 15 is 0 Å². The second kappa shape index (κ2) is 10.8. The Morgan fingerprint density at radius 3 is 2.24 bits per heavy atom. The Hall–Kier alpha value is -3.48. The Labute approximate surface area is 170 Å². The van der Waals surface area contributed by atoms with Crippen LogP contribution in [0.3, 0.4) is 0 Å². The van der Waals surface area contributed by atoms with Crippen LogP contribution < -0.4 is 19.5 Å². The van der Waals surface area contributed by atoms with Crippen LogP contribution in [0.1, 0.15) is 18.1 Å². The van der Waals surface area contributed by atoms with Gasteiger partial charge in [-0.1, -0.05) is 12.1 Å². The normalized spacial score (nSPS) is 11.6. The van der Waals surface area contributed by atoms with Crippen molar-refractivity contribution < 1.29 is 28.5 Å². The van der Waals surface area contributed by atoms with Crippen molar-refractivity contribution in [3.05, 3.63) is 59.7 Å². The van der Waals surface area contributed by atoms with Gasteiger partial charge in [0, 0.05) is 24.3 Å². The molecule has 0 saturated carbocycles. The van der Waals surface area contributed by atoms with E-state index in [0.29, 0.717) is 23.6 Å². The lowest BCUT2D eigenvalue weighted by atomic mass is 10.1. The van der Waals surface area contributed by atoms with Gasteiger partial charge in [0.1, 0.15) is 17.2 Å². The molecule has 0 aliphatic rings. The third-order valence-electron chi connectivity index (χ3n) is 4.13. The standard InChI is InChI=1S/C22H25NO6/c1-15(22(25)23-14-16-5-9-18(26-2)10-6-16)29-21(24)12-8-17-7-11-19(27-3)13-20(17)28-4/h5-13,15H,14H2,1-4H3,(H,23,25)/b12-8+/t15-/m0/s1. The number of benzene rings is 2. The average Bonchev–Trinajstić information content (AvgIpc) is 2.76. The number of carbonyl (C=O) groups is 2. The maximum absolute atomic E-state index is 12.1. The highest BCUT2D eigenvalue weighted by Gasteiger charge is 2.16. The van der Waals surface area contributed by atoms with Crippen LogP contribution in [0.2, 0.25) is 0 Å². The molecule has 0 heterocycles. The third-order valence-corrected chi connectivity index (χ3v) is 4.13. The molecule has 1 atom stereocenters. The number of carbonyl (C=O) groups excluding carboxylic acids is 2. The first-order chi connectivity index (χ1) is 14.0. The molecule has 1 N–H and O–H groups in total. The summed E-state index contributed by atoms with van der Waals surface area (Å²) < 4.78 is 20.7. The molecule has 0 aromatic heterocycles. The molecule has 0 fully saturated rings. The first kappa shape index (κ1) is 21.8. The number of ether oxygens (including phenoxy) is 4. The van der Waals surface area contributed by atoms with Gasteiger partial charge in [-0.25, -0.2) is 4.79 Å². The van der Waals surface area contributed by atoms with Gasteiger partial charge in [0.25, 0.3) is 5.91 Å². The van der Waals surface area contributed by atoms with Crippen LogP contribution in [-0.2, 0) is 20.9 Å². The minimum absolute atomic E-state index is 0.323. The topological polar surface area (TPSA) is 83.1 Å². The summed E-state index contributed by atoms with van der Waals surface area (Å²) in [7, 11) is 4.67. The second-order valence-electron chi connectivity index (χ2n) is 6.09. The second-order valence-corrected chi connectivity index (χ2v) is 6.09. The van der Waals surface area contributed by atoms with E-state index in [9.17, 15) is 9.59 Å². The average molecular weight is 399 g/mol. The number of methoxy groups -OCH3 is 3. The molecule has 7 heteroatoms. The number of hydrogen-bond acceptors (Lipinski definition) is 6. The van der Waals surface area contributed by atoms with E-state index in [2.05, 4.69) is 5.32 Å². The zero-order valence-electron chi connectivity index (χ0n) is 16.9. The van der Waals surface area contributed by atoms with Gasteiger partial charge in [-0.05, 0) is 42.8 Å². The van der Waals surface area contributed by atoms with E-state index < -0.39 is 12.1 Å². The number of nitrogens with one attached hydrogen (secondary N) is 1. The summed E-state index contributed by atoms with van der Waals surface area (Å²) in [5, 5.41) is 2.73. The van der Waals surface area contributed by atoms with E-state index in [0.717, 1.165) is 11.3 Å². The molecule has 2 rings (SSSR count). The Bertz CT molecular complexity index is 860. The molecule has 29 heavy (non-hydrogen) atoms. The quantitative estimate of drug-likeness (QED) is 0.516. The summed E-state index contributed by atoms with van der Waals surface area (Å²) in [6.07, 6.45) is 1.88. The summed E-state index contributed by atoms with van der Waals surface area (Å²) in [4.78, 5) is 24.2. The van der Waals surface area contributed by atoms with Gasteiger partial charge in [0.2, 0.25) is 0 Å². The molecule has 0 bridgehead atoms. The predicted octanol–water partition coefficient (Wildman–Crippen LogP) is 2.97. The molecule has 154 valence electrons. The summed E-state index contributed by atoms with van der Waals surface area (Å²) >= 11 is 0. The van der Waals surface area contributed by atoms with Crippen LogP contribution in [0.4, 0.5) is 0 Å². The minimum atomic E-state index is -0.928. The maximum Gasteiger partial charge on any atom is 0.331 e. The lowest BCUT2D eigenvalue weighted by Crippen LogP contribution is -2.35. The van der Waals surface area contributed by atoms with Crippen molar-refractivity contribution in [1.82, 2.24) is 5.32 Å². The number of esters is 1. The van der Waals surface area contributed by atoms with E-state index in [1.54, 1.807) is 38.5 Å². The van der Waals surface area contributed by atoms with Gasteiger partial charge in [0.05, 0.1) is 21.3 Å². The van der Waals surface area contributed by atoms with Crippen molar-refractivity contribution in [1.29, 1.82) is 0 Å². The molecule has 2 aromatic rings. The van der Waals surface area contributed by atoms with Gasteiger partial charge in [0.15, 0.2) is 6.10 Å². The number of amides is 1. The van der Waals surface area contributed by atoms with E-state index in [1.165, 1.54) is 20.1 Å². The van der Waals surface area contributed by atoms with Crippen LogP contribution in [0.15, 0.2) is 48.5 Å². The van der Waals surface area contributed by atoms with Gasteiger partial charge >= 0.3 is 5.97 Å². The minimum Gasteiger partial charge on any atom is -0.497 e. The fourth-order valence-electron chi connectivity index (χ4n) is 2.46. The first-order valence-corrected chi connectivity index (χ1v) is 8.98. The van der Waals surface area contributed by atoms with Crippen LogP contribution >= 0.6 is 0 Å². The van der Waals surface area contributed by atoms with Gasteiger partial charge in [-0.15, -0.1) is 0 Å². The highest BCUT2D eigenvalue weighted by molar-refractivity contribution is 5.90. The molecular weight excluding hydrogens is 374 g/mol. The van der Waals surface area contributed by atoms with Gasteiger partial charge < -0.3 is 24.3 Å². The summed E-state index contributed by atoms with van der Waals surface area (Å²) in [5.74, 6) is 0.921. The first-order valence-electron chi connectivity index (χ1n) is 8.98. The summed E-state index contributed by atoms with van der Waals surface area (Å²) in [5.41, 5.74) is 1.59. The van der Waals surface area contributed by atoms with Crippen molar-refractivity contribution in [3.8, 4) is 17.2 Å². The summed E-state index contributed by atoms with van der Waals surface area (Å²) in [6.45, 7) is 1.84. The van der Waals surface area contributed by atoms with Crippen molar-refractivity contribution in [3.63, 3.8) is 0 Å². The molecule has 0 unspecified atom stereocenters. The molecule has 0 radical (unpaired) electrons. The van der Waals surface area contributed by atoms with Crippen LogP contribution in [-0.4, -0.2) is 39.3 Å². The van der Waals surface area contributed by atoms with Gasteiger partial charge in [-0.2, -0.15) is 0 Å². The highest BCUT2D eigenvalue weighted by atomic mass is 16.5. The third kappa shape index (κ3) is 6.57. The van der Waals surface area contributed by atoms with Crippen molar-refractivity contribution in [2.24, 2.45) is 0 Å². The molecule has 0 aliphatic carbocycles. The van der Waals surface area contributed by atoms with E-state index in [4.69, 9.17) is 18.9 Å². The largest absolute Gasteiger partial charge is 0.497 e. The fraction of sp³-hybridized carbons (Fsp3) is 0.273. The molecule has 0 saturated heterocycles. The summed E-state index contributed by atoms with van der Waals surface area (Å²) in [6, 6.07) is 12.5. The molecule has 2 aromatic carbocycles. The van der Waals surface area contributed by atoms with Crippen molar-refractivity contribution in [2.45, 2.75) is 19.6 Å².